The number of nitrogens with one attached hydrogen (secondary N) is 1. The molecule has 3 rings (SSSR count). The van der Waals surface area contributed by atoms with Crippen molar-refractivity contribution in [1.29, 1.82) is 0 Å². The summed E-state index contributed by atoms with van der Waals surface area (Å²) in [5, 5.41) is 2.93. The number of carbonyl (C=O) groups excluding carboxylic acids is 2. The van der Waals surface area contributed by atoms with Crippen LogP contribution < -0.4 is 14.4 Å². The van der Waals surface area contributed by atoms with Gasteiger partial charge in [0.2, 0.25) is 21.8 Å². The molecule has 3 aromatic carbocycles. The number of sulfonamides is 1. The first-order valence-corrected chi connectivity index (χ1v) is 15.2. The predicted molar refractivity (Wildman–Crippen MR) is 158 cm³/mol. The van der Waals surface area contributed by atoms with Crippen molar-refractivity contribution in [3.8, 4) is 5.75 Å². The predicted octanol–water partition coefficient (Wildman–Crippen LogP) is 4.67. The number of nitrogens with zero attached hydrogens (tertiary/aromatic N) is 2. The Bertz CT molecular complexity index is 1360. The van der Waals surface area contributed by atoms with Crippen molar-refractivity contribution in [1.82, 2.24) is 10.2 Å². The van der Waals surface area contributed by atoms with E-state index in [1.165, 1.54) is 4.90 Å². The van der Waals surface area contributed by atoms with Crippen molar-refractivity contribution in [3.63, 3.8) is 0 Å². The molecule has 0 fully saturated rings. The lowest BCUT2D eigenvalue weighted by molar-refractivity contribution is -0.139. The average molecular weight is 566 g/mol. The molecule has 0 bridgehead atoms. The van der Waals surface area contributed by atoms with Crippen molar-refractivity contribution in [2.24, 2.45) is 0 Å². The number of aryl methyl sites for hydroxylation is 1. The SMILES string of the molecule is CC[C@@H](C)NC(=O)[C@H](C)N(Cc1ccc(C)cc1)C(=O)CN(c1ccc(OCc2ccccc2)cc1)S(C)(=O)=O. The number of amides is 2. The van der Waals surface area contributed by atoms with E-state index in [1.54, 1.807) is 31.2 Å². The minimum Gasteiger partial charge on any atom is -0.489 e. The van der Waals surface area contributed by atoms with Gasteiger partial charge in [-0.05, 0) is 62.6 Å². The number of hydrogen-bond acceptors (Lipinski definition) is 5. The molecule has 2 atom stereocenters. The van der Waals surface area contributed by atoms with Crippen LogP contribution in [-0.4, -0.2) is 50.0 Å². The second-order valence-corrected chi connectivity index (χ2v) is 11.9. The number of hydrogen-bond donors (Lipinski definition) is 1. The highest BCUT2D eigenvalue weighted by molar-refractivity contribution is 7.92. The summed E-state index contributed by atoms with van der Waals surface area (Å²) >= 11 is 0. The Labute approximate surface area is 238 Å². The van der Waals surface area contributed by atoms with Crippen LogP contribution in [0.25, 0.3) is 0 Å². The molecule has 0 unspecified atom stereocenters. The fourth-order valence-corrected chi connectivity index (χ4v) is 4.85. The normalized spacial score (nSPS) is 12.7. The second kappa shape index (κ2) is 14.0. The average Bonchev–Trinajstić information content (AvgIpc) is 2.94. The monoisotopic (exact) mass is 565 g/mol. The van der Waals surface area contributed by atoms with Gasteiger partial charge in [-0.1, -0.05) is 67.1 Å². The zero-order valence-electron chi connectivity index (χ0n) is 23.8. The largest absolute Gasteiger partial charge is 0.489 e. The molecular formula is C31H39N3O5S. The van der Waals surface area contributed by atoms with Crippen molar-refractivity contribution < 1.29 is 22.7 Å². The Morgan fingerprint density at radius 2 is 1.52 bits per heavy atom. The Hall–Kier alpha value is -3.85. The number of carbonyl (C=O) groups is 2. The molecule has 0 aliphatic rings. The van der Waals surface area contributed by atoms with E-state index in [9.17, 15) is 18.0 Å². The minimum absolute atomic E-state index is 0.0542. The lowest BCUT2D eigenvalue weighted by Crippen LogP contribution is -2.52. The van der Waals surface area contributed by atoms with Gasteiger partial charge in [0.25, 0.3) is 0 Å². The molecule has 214 valence electrons. The van der Waals surface area contributed by atoms with E-state index in [2.05, 4.69) is 5.32 Å². The molecule has 0 spiro atoms. The number of ether oxygens (including phenoxy) is 1. The maximum absolute atomic E-state index is 13.7. The van der Waals surface area contributed by atoms with E-state index in [4.69, 9.17) is 4.74 Å². The van der Waals surface area contributed by atoms with Gasteiger partial charge in [0.1, 0.15) is 24.9 Å². The molecule has 9 heteroatoms. The maximum Gasteiger partial charge on any atom is 0.244 e. The summed E-state index contributed by atoms with van der Waals surface area (Å²) in [4.78, 5) is 28.1. The quantitative estimate of drug-likeness (QED) is 0.325. The van der Waals surface area contributed by atoms with Crippen LogP contribution in [0.4, 0.5) is 5.69 Å². The van der Waals surface area contributed by atoms with Gasteiger partial charge in [0, 0.05) is 12.6 Å². The molecule has 2 amide bonds. The van der Waals surface area contributed by atoms with Crippen LogP contribution in [0.5, 0.6) is 5.75 Å². The summed E-state index contributed by atoms with van der Waals surface area (Å²) in [7, 11) is -3.82. The first kappa shape index (κ1) is 30.7. The van der Waals surface area contributed by atoms with Crippen LogP contribution in [0.1, 0.15) is 43.9 Å². The summed E-state index contributed by atoms with van der Waals surface area (Å²) in [6.45, 7) is 7.58. The van der Waals surface area contributed by atoms with Gasteiger partial charge < -0.3 is 15.0 Å². The van der Waals surface area contributed by atoms with E-state index < -0.39 is 28.5 Å². The summed E-state index contributed by atoms with van der Waals surface area (Å²) in [6.07, 6.45) is 1.81. The standard InChI is InChI=1S/C31H39N3O5S/c1-6-24(3)32-31(36)25(4)33(20-26-14-12-23(2)13-15-26)30(35)21-34(40(5,37)38)28-16-18-29(19-17-28)39-22-27-10-8-7-9-11-27/h7-19,24-25H,6,20-22H2,1-5H3,(H,32,36)/t24-,25+/m1/s1. The van der Waals surface area contributed by atoms with Crippen LogP contribution in [0.3, 0.4) is 0 Å². The molecule has 0 radical (unpaired) electrons. The van der Waals surface area contributed by atoms with Crippen molar-refractivity contribution in [2.45, 2.75) is 59.4 Å². The molecule has 0 heterocycles. The summed E-state index contributed by atoms with van der Waals surface area (Å²) < 4.78 is 32.5. The lowest BCUT2D eigenvalue weighted by Gasteiger charge is -2.32. The summed E-state index contributed by atoms with van der Waals surface area (Å²) in [5.41, 5.74) is 3.25. The van der Waals surface area contributed by atoms with Gasteiger partial charge in [-0.3, -0.25) is 13.9 Å². The van der Waals surface area contributed by atoms with Crippen LogP contribution in [-0.2, 0) is 32.8 Å². The fraction of sp³-hybridized carbons (Fsp3) is 0.355. The van der Waals surface area contributed by atoms with Crippen LogP contribution in [0.15, 0.2) is 78.9 Å². The topological polar surface area (TPSA) is 96.0 Å². The van der Waals surface area contributed by atoms with E-state index in [0.717, 1.165) is 33.7 Å². The molecule has 3 aromatic rings. The molecule has 1 N–H and O–H groups in total. The first-order chi connectivity index (χ1) is 19.0. The van der Waals surface area contributed by atoms with Gasteiger partial charge in [-0.2, -0.15) is 0 Å². The highest BCUT2D eigenvalue weighted by atomic mass is 32.2. The fourth-order valence-electron chi connectivity index (χ4n) is 4.00. The Balaban J connectivity index is 1.81. The van der Waals surface area contributed by atoms with Crippen molar-refractivity contribution in [3.05, 3.63) is 95.6 Å². The summed E-state index contributed by atoms with van der Waals surface area (Å²) in [6, 6.07) is 23.1. The Kier molecular flexibility index (Phi) is 10.7. The highest BCUT2D eigenvalue weighted by Crippen LogP contribution is 2.23. The van der Waals surface area contributed by atoms with Crippen LogP contribution in [0.2, 0.25) is 0 Å². The minimum atomic E-state index is -3.82. The molecule has 8 nitrogen and oxygen atoms in total. The van der Waals surface area contributed by atoms with E-state index in [-0.39, 0.29) is 18.5 Å². The lowest BCUT2D eigenvalue weighted by atomic mass is 10.1. The van der Waals surface area contributed by atoms with Gasteiger partial charge in [-0.25, -0.2) is 8.42 Å². The molecular weight excluding hydrogens is 526 g/mol. The first-order valence-electron chi connectivity index (χ1n) is 13.4. The van der Waals surface area contributed by atoms with E-state index in [0.29, 0.717) is 18.0 Å². The number of anilines is 1. The third-order valence-corrected chi connectivity index (χ3v) is 7.83. The molecule has 0 aromatic heterocycles. The maximum atomic E-state index is 13.7. The smallest absolute Gasteiger partial charge is 0.244 e. The molecule has 0 aliphatic heterocycles. The Morgan fingerprint density at radius 1 is 0.900 bits per heavy atom. The number of rotatable bonds is 13. The molecule has 40 heavy (non-hydrogen) atoms. The van der Waals surface area contributed by atoms with Crippen molar-refractivity contribution in [2.75, 3.05) is 17.1 Å². The Morgan fingerprint density at radius 3 is 2.10 bits per heavy atom. The number of benzene rings is 3. The third-order valence-electron chi connectivity index (χ3n) is 6.69. The zero-order chi connectivity index (χ0) is 29.3. The van der Waals surface area contributed by atoms with Crippen LogP contribution >= 0.6 is 0 Å². The highest BCUT2D eigenvalue weighted by Gasteiger charge is 2.30. The van der Waals surface area contributed by atoms with E-state index >= 15 is 0 Å². The molecule has 0 saturated heterocycles. The van der Waals surface area contributed by atoms with Gasteiger partial charge in [0.15, 0.2) is 0 Å². The summed E-state index contributed by atoms with van der Waals surface area (Å²) in [5.74, 6) is -0.202. The third kappa shape index (κ3) is 8.84. The van der Waals surface area contributed by atoms with E-state index in [1.807, 2.05) is 75.4 Å². The van der Waals surface area contributed by atoms with Crippen molar-refractivity contribution >= 4 is 27.5 Å². The molecule has 0 aliphatic carbocycles. The van der Waals surface area contributed by atoms with Gasteiger partial charge in [0.05, 0.1) is 11.9 Å². The van der Waals surface area contributed by atoms with Gasteiger partial charge >= 0.3 is 0 Å². The molecule has 0 saturated carbocycles. The second-order valence-electron chi connectivity index (χ2n) is 10.0. The zero-order valence-corrected chi connectivity index (χ0v) is 24.6. The van der Waals surface area contributed by atoms with Crippen LogP contribution in [0, 0.1) is 6.92 Å². The van der Waals surface area contributed by atoms with Gasteiger partial charge in [-0.15, -0.1) is 0 Å².